The molecule has 2 rings (SSSR count). The molecule has 0 aliphatic heterocycles. The summed E-state index contributed by atoms with van der Waals surface area (Å²) in [6, 6.07) is 10.6. The van der Waals surface area contributed by atoms with Crippen molar-refractivity contribution in [3.63, 3.8) is 0 Å². The topological polar surface area (TPSA) is 102 Å². The van der Waals surface area contributed by atoms with Crippen LogP contribution in [0.5, 0.6) is 17.2 Å². The van der Waals surface area contributed by atoms with Crippen LogP contribution in [0.2, 0.25) is 0 Å². The number of phenols is 3. The van der Waals surface area contributed by atoms with Crippen molar-refractivity contribution in [2.45, 2.75) is 0 Å². The van der Waals surface area contributed by atoms with E-state index in [4.69, 9.17) is 5.11 Å². The van der Waals surface area contributed by atoms with Gasteiger partial charge >= 0.3 is 0 Å². The molecule has 6 nitrogen and oxygen atoms in total. The first-order valence-electron chi connectivity index (χ1n) is 5.71. The van der Waals surface area contributed by atoms with Crippen LogP contribution in [0.4, 0.5) is 0 Å². The van der Waals surface area contributed by atoms with Gasteiger partial charge in [0, 0.05) is 17.7 Å². The van der Waals surface area contributed by atoms with E-state index in [1.807, 2.05) is 0 Å². The Morgan fingerprint density at radius 2 is 1.65 bits per heavy atom. The molecule has 0 aromatic heterocycles. The molecule has 0 spiro atoms. The number of hydrogen-bond donors (Lipinski definition) is 4. The number of phenolic OH excluding ortho intramolecular Hbond substituents is 3. The van der Waals surface area contributed by atoms with Gasteiger partial charge < -0.3 is 15.3 Å². The zero-order chi connectivity index (χ0) is 14.5. The van der Waals surface area contributed by atoms with Gasteiger partial charge in [-0.05, 0) is 12.1 Å². The number of carbonyl (C=O) groups is 1. The minimum Gasteiger partial charge on any atom is -0.508 e. The highest BCUT2D eigenvalue weighted by molar-refractivity contribution is 5.95. The van der Waals surface area contributed by atoms with Crippen molar-refractivity contribution >= 4 is 12.1 Å². The van der Waals surface area contributed by atoms with Crippen molar-refractivity contribution in [1.29, 1.82) is 0 Å². The quantitative estimate of drug-likeness (QED) is 0.503. The lowest BCUT2D eigenvalue weighted by Gasteiger charge is -2.03. The monoisotopic (exact) mass is 272 g/mol. The standard InChI is InChI=1S/C14H12N2O4/c17-10-6-12(18)11(13(19)7-10)8-15-16-14(20)9-4-2-1-3-5-9/h1-8,17-19H,(H,16,20). The van der Waals surface area contributed by atoms with Crippen LogP contribution in [0.15, 0.2) is 47.6 Å². The fourth-order valence-electron chi connectivity index (χ4n) is 1.55. The minimum atomic E-state index is -0.417. The molecule has 0 aliphatic rings. The summed E-state index contributed by atoms with van der Waals surface area (Å²) in [5.74, 6) is -1.38. The van der Waals surface area contributed by atoms with Crippen LogP contribution in [-0.4, -0.2) is 27.4 Å². The Bertz CT molecular complexity index is 630. The average Bonchev–Trinajstić information content (AvgIpc) is 2.42. The summed E-state index contributed by atoms with van der Waals surface area (Å²) < 4.78 is 0. The molecule has 0 atom stereocenters. The third kappa shape index (κ3) is 3.05. The molecule has 1 amide bonds. The third-order valence-corrected chi connectivity index (χ3v) is 2.52. The van der Waals surface area contributed by atoms with Gasteiger partial charge in [0.2, 0.25) is 0 Å². The highest BCUT2D eigenvalue weighted by atomic mass is 16.3. The number of carbonyl (C=O) groups excluding carboxylic acids is 1. The molecule has 6 heteroatoms. The van der Waals surface area contributed by atoms with Crippen molar-refractivity contribution in [2.24, 2.45) is 5.10 Å². The molecular formula is C14H12N2O4. The first kappa shape index (κ1) is 13.4. The molecule has 0 fully saturated rings. The van der Waals surface area contributed by atoms with Crippen LogP contribution < -0.4 is 5.43 Å². The highest BCUT2D eigenvalue weighted by Crippen LogP contribution is 2.30. The lowest BCUT2D eigenvalue weighted by Crippen LogP contribution is -2.17. The molecule has 2 aromatic carbocycles. The number of rotatable bonds is 3. The van der Waals surface area contributed by atoms with Gasteiger partial charge in [-0.15, -0.1) is 0 Å². The summed E-state index contributed by atoms with van der Waals surface area (Å²) in [7, 11) is 0. The minimum absolute atomic E-state index is 0.00355. The van der Waals surface area contributed by atoms with Crippen LogP contribution in [-0.2, 0) is 0 Å². The first-order chi connectivity index (χ1) is 9.58. The van der Waals surface area contributed by atoms with Gasteiger partial charge in [0.1, 0.15) is 17.2 Å². The molecule has 0 radical (unpaired) electrons. The van der Waals surface area contributed by atoms with Crippen LogP contribution >= 0.6 is 0 Å². The van der Waals surface area contributed by atoms with E-state index in [0.29, 0.717) is 5.56 Å². The maximum absolute atomic E-state index is 11.7. The Hall–Kier alpha value is -3.02. The second kappa shape index (κ2) is 5.75. The summed E-state index contributed by atoms with van der Waals surface area (Å²) in [5.41, 5.74) is 2.69. The number of hydrogen-bond acceptors (Lipinski definition) is 5. The summed E-state index contributed by atoms with van der Waals surface area (Å²) >= 11 is 0. The van der Waals surface area contributed by atoms with E-state index < -0.39 is 5.91 Å². The maximum atomic E-state index is 11.7. The lowest BCUT2D eigenvalue weighted by molar-refractivity contribution is 0.0955. The molecule has 0 heterocycles. The lowest BCUT2D eigenvalue weighted by atomic mass is 10.2. The summed E-state index contributed by atoms with van der Waals surface area (Å²) in [6.07, 6.45) is 1.09. The smallest absolute Gasteiger partial charge is 0.271 e. The van der Waals surface area contributed by atoms with Gasteiger partial charge in [-0.2, -0.15) is 5.10 Å². The van der Waals surface area contributed by atoms with Crippen molar-refractivity contribution in [1.82, 2.24) is 5.43 Å². The summed E-state index contributed by atoms with van der Waals surface area (Å²) in [6.45, 7) is 0. The van der Waals surface area contributed by atoms with Crippen LogP contribution in [0.25, 0.3) is 0 Å². The number of hydrazone groups is 1. The van der Waals surface area contributed by atoms with E-state index in [1.165, 1.54) is 0 Å². The molecule has 0 saturated heterocycles. The molecule has 20 heavy (non-hydrogen) atoms. The Kier molecular flexibility index (Phi) is 3.85. The SMILES string of the molecule is O=C(NN=Cc1c(O)cc(O)cc1O)c1ccccc1. The van der Waals surface area contributed by atoms with Crippen molar-refractivity contribution in [3.05, 3.63) is 53.6 Å². The Labute approximate surface area is 114 Å². The molecule has 0 saturated carbocycles. The number of nitrogens with one attached hydrogen (secondary N) is 1. The van der Waals surface area contributed by atoms with Gasteiger partial charge in [-0.3, -0.25) is 4.79 Å². The Balaban J connectivity index is 2.10. The summed E-state index contributed by atoms with van der Waals surface area (Å²) in [4.78, 5) is 11.7. The van der Waals surface area contributed by atoms with E-state index in [-0.39, 0.29) is 22.8 Å². The molecule has 2 aromatic rings. The van der Waals surface area contributed by atoms with E-state index >= 15 is 0 Å². The predicted octanol–water partition coefficient (Wildman–Crippen LogP) is 1.57. The fourth-order valence-corrected chi connectivity index (χ4v) is 1.55. The van der Waals surface area contributed by atoms with Crippen LogP contribution in [0.3, 0.4) is 0 Å². The first-order valence-corrected chi connectivity index (χ1v) is 5.71. The number of benzene rings is 2. The van der Waals surface area contributed by atoms with Crippen LogP contribution in [0, 0.1) is 0 Å². The molecule has 0 bridgehead atoms. The zero-order valence-electron chi connectivity index (χ0n) is 10.3. The van der Waals surface area contributed by atoms with Gasteiger partial charge in [-0.1, -0.05) is 18.2 Å². The predicted molar refractivity (Wildman–Crippen MR) is 72.9 cm³/mol. The third-order valence-electron chi connectivity index (χ3n) is 2.52. The Morgan fingerprint density at radius 1 is 1.05 bits per heavy atom. The van der Waals surface area contributed by atoms with E-state index in [0.717, 1.165) is 18.3 Å². The molecule has 102 valence electrons. The van der Waals surface area contributed by atoms with E-state index in [1.54, 1.807) is 30.3 Å². The second-order valence-electron chi connectivity index (χ2n) is 3.96. The van der Waals surface area contributed by atoms with Gasteiger partial charge in [0.15, 0.2) is 0 Å². The van der Waals surface area contributed by atoms with Crippen molar-refractivity contribution in [2.75, 3.05) is 0 Å². The molecule has 4 N–H and O–H groups in total. The van der Waals surface area contributed by atoms with Gasteiger partial charge in [-0.25, -0.2) is 5.43 Å². The van der Waals surface area contributed by atoms with E-state index in [2.05, 4.69) is 10.5 Å². The van der Waals surface area contributed by atoms with Gasteiger partial charge in [0.05, 0.1) is 11.8 Å². The van der Waals surface area contributed by atoms with Crippen LogP contribution in [0.1, 0.15) is 15.9 Å². The summed E-state index contributed by atoms with van der Waals surface area (Å²) in [5, 5.41) is 31.9. The molecule has 0 unspecified atom stereocenters. The van der Waals surface area contributed by atoms with Crippen molar-refractivity contribution < 1.29 is 20.1 Å². The number of amides is 1. The average molecular weight is 272 g/mol. The highest BCUT2D eigenvalue weighted by Gasteiger charge is 2.08. The molecule has 0 aliphatic carbocycles. The fraction of sp³-hybridized carbons (Fsp3) is 0. The molecular weight excluding hydrogens is 260 g/mol. The van der Waals surface area contributed by atoms with E-state index in [9.17, 15) is 15.0 Å². The van der Waals surface area contributed by atoms with Gasteiger partial charge in [0.25, 0.3) is 5.91 Å². The Morgan fingerprint density at radius 3 is 2.25 bits per heavy atom. The zero-order valence-corrected chi connectivity index (χ0v) is 10.3. The number of aromatic hydroxyl groups is 3. The largest absolute Gasteiger partial charge is 0.508 e. The second-order valence-corrected chi connectivity index (χ2v) is 3.96. The number of nitrogens with zero attached hydrogens (tertiary/aromatic N) is 1. The maximum Gasteiger partial charge on any atom is 0.271 e. The van der Waals surface area contributed by atoms with Crippen molar-refractivity contribution in [3.8, 4) is 17.2 Å². The normalized spacial score (nSPS) is 10.6.